The van der Waals surface area contributed by atoms with E-state index in [1.54, 1.807) is 12.1 Å². The third-order valence-corrected chi connectivity index (χ3v) is 4.43. The van der Waals surface area contributed by atoms with Crippen molar-refractivity contribution in [3.63, 3.8) is 0 Å². The van der Waals surface area contributed by atoms with Gasteiger partial charge in [0.2, 0.25) is 0 Å². The van der Waals surface area contributed by atoms with Crippen molar-refractivity contribution in [1.82, 2.24) is 4.57 Å². The van der Waals surface area contributed by atoms with Crippen LogP contribution in [-0.4, -0.2) is 23.6 Å². The number of pyridine rings is 1. The van der Waals surface area contributed by atoms with Gasteiger partial charge in [0, 0.05) is 12.3 Å². The molecule has 1 N–H and O–H groups in total. The van der Waals surface area contributed by atoms with E-state index in [4.69, 9.17) is 0 Å². The van der Waals surface area contributed by atoms with Crippen LogP contribution >= 0.6 is 0 Å². The molecule has 0 fully saturated rings. The highest BCUT2D eigenvalue weighted by molar-refractivity contribution is 6.07. The lowest BCUT2D eigenvalue weighted by molar-refractivity contribution is -0.137. The zero-order valence-electron chi connectivity index (χ0n) is 16.3. The molecular formula is C22H17F3N2O4. The first kappa shape index (κ1) is 21.8. The van der Waals surface area contributed by atoms with Crippen LogP contribution in [0.1, 0.15) is 31.8 Å². The third kappa shape index (κ3) is 5.19. The Labute approximate surface area is 174 Å². The van der Waals surface area contributed by atoms with Crippen molar-refractivity contribution >= 4 is 17.6 Å². The number of nitrogens with one attached hydrogen (secondary N) is 1. The summed E-state index contributed by atoms with van der Waals surface area (Å²) in [6.07, 6.45) is -3.26. The number of esters is 1. The molecule has 1 heterocycles. The Morgan fingerprint density at radius 2 is 1.77 bits per heavy atom. The number of nitrogens with zero attached hydrogens (tertiary/aromatic N) is 1. The van der Waals surface area contributed by atoms with E-state index in [0.29, 0.717) is 0 Å². The molecular weight excluding hydrogens is 413 g/mol. The minimum absolute atomic E-state index is 0.0891. The summed E-state index contributed by atoms with van der Waals surface area (Å²) < 4.78 is 44.6. The Balaban J connectivity index is 1.86. The molecule has 6 nitrogen and oxygen atoms in total. The molecule has 160 valence electrons. The first-order valence-electron chi connectivity index (χ1n) is 9.04. The van der Waals surface area contributed by atoms with Crippen LogP contribution in [0.3, 0.4) is 0 Å². The number of anilines is 1. The normalized spacial score (nSPS) is 11.1. The van der Waals surface area contributed by atoms with Crippen molar-refractivity contribution < 1.29 is 27.5 Å². The summed E-state index contributed by atoms with van der Waals surface area (Å²) in [5, 5.41) is 2.58. The number of rotatable bonds is 5. The molecule has 1 amide bonds. The number of hydrogen-bond acceptors (Lipinski definition) is 4. The van der Waals surface area contributed by atoms with Crippen LogP contribution in [0.4, 0.5) is 18.9 Å². The largest absolute Gasteiger partial charge is 0.465 e. The average Bonchev–Trinajstić information content (AvgIpc) is 2.74. The minimum Gasteiger partial charge on any atom is -0.465 e. The highest BCUT2D eigenvalue weighted by Crippen LogP contribution is 2.29. The number of ether oxygens (including phenoxy) is 1. The highest BCUT2D eigenvalue weighted by Gasteiger charge is 2.30. The quantitative estimate of drug-likeness (QED) is 0.622. The molecule has 0 saturated heterocycles. The minimum atomic E-state index is -4.50. The Morgan fingerprint density at radius 3 is 2.48 bits per heavy atom. The Hall–Kier alpha value is -3.88. The fraction of sp³-hybridized carbons (Fsp3) is 0.136. The van der Waals surface area contributed by atoms with E-state index in [1.165, 1.54) is 43.6 Å². The predicted molar refractivity (Wildman–Crippen MR) is 107 cm³/mol. The van der Waals surface area contributed by atoms with Crippen LogP contribution in [0.5, 0.6) is 0 Å². The molecule has 2 aromatic carbocycles. The van der Waals surface area contributed by atoms with Gasteiger partial charge in [-0.15, -0.1) is 0 Å². The zero-order chi connectivity index (χ0) is 22.6. The number of halogens is 3. The molecule has 0 bridgehead atoms. The summed E-state index contributed by atoms with van der Waals surface area (Å²) in [5.41, 5.74) is -0.599. The Kier molecular flexibility index (Phi) is 6.24. The maximum atomic E-state index is 12.9. The number of amides is 1. The molecule has 0 radical (unpaired) electrons. The first-order chi connectivity index (χ1) is 14.7. The molecule has 0 spiro atoms. The number of benzene rings is 2. The topological polar surface area (TPSA) is 77.4 Å². The summed E-state index contributed by atoms with van der Waals surface area (Å²) in [4.78, 5) is 36.7. The lowest BCUT2D eigenvalue weighted by Gasteiger charge is -2.12. The summed E-state index contributed by atoms with van der Waals surface area (Å²) in [6.45, 7) is -0.150. The molecule has 3 rings (SSSR count). The molecule has 0 unspecified atom stereocenters. The molecule has 0 aliphatic heterocycles. The maximum Gasteiger partial charge on any atom is 0.416 e. The van der Waals surface area contributed by atoms with E-state index < -0.39 is 29.2 Å². The summed E-state index contributed by atoms with van der Waals surface area (Å²) in [5.74, 6) is -1.24. The van der Waals surface area contributed by atoms with Gasteiger partial charge < -0.3 is 14.6 Å². The first-order valence-corrected chi connectivity index (χ1v) is 9.04. The smallest absolute Gasteiger partial charge is 0.416 e. The van der Waals surface area contributed by atoms with Gasteiger partial charge in [-0.1, -0.05) is 24.3 Å². The van der Waals surface area contributed by atoms with Crippen molar-refractivity contribution in [3.05, 3.63) is 99.5 Å². The molecule has 0 aliphatic carbocycles. The molecule has 0 atom stereocenters. The lowest BCUT2D eigenvalue weighted by Crippen LogP contribution is -2.23. The van der Waals surface area contributed by atoms with Crippen molar-refractivity contribution in [2.24, 2.45) is 0 Å². The van der Waals surface area contributed by atoms with Gasteiger partial charge in [0.1, 0.15) is 0 Å². The van der Waals surface area contributed by atoms with Gasteiger partial charge in [0.05, 0.1) is 36.0 Å². The Bertz CT molecular complexity index is 1190. The van der Waals surface area contributed by atoms with Crippen molar-refractivity contribution in [2.75, 3.05) is 12.4 Å². The van der Waals surface area contributed by atoms with E-state index in [0.717, 1.165) is 22.8 Å². The van der Waals surface area contributed by atoms with Crippen LogP contribution in [-0.2, 0) is 17.5 Å². The molecule has 0 saturated carbocycles. The predicted octanol–water partition coefficient (Wildman–Crippen LogP) is 3.95. The second-order valence-corrected chi connectivity index (χ2v) is 6.57. The van der Waals surface area contributed by atoms with Crippen LogP contribution in [0.25, 0.3) is 0 Å². The molecule has 1 aromatic heterocycles. The van der Waals surface area contributed by atoms with Crippen LogP contribution < -0.4 is 10.9 Å². The van der Waals surface area contributed by atoms with Crippen molar-refractivity contribution in [2.45, 2.75) is 12.7 Å². The number of carbonyl (C=O) groups excluding carboxylic acids is 2. The van der Waals surface area contributed by atoms with E-state index in [-0.39, 0.29) is 28.9 Å². The number of para-hydroxylation sites is 1. The molecule has 0 aliphatic rings. The number of alkyl halides is 3. The van der Waals surface area contributed by atoms with E-state index in [1.807, 2.05) is 0 Å². The van der Waals surface area contributed by atoms with Gasteiger partial charge in [-0.25, -0.2) is 4.79 Å². The summed E-state index contributed by atoms with van der Waals surface area (Å²) >= 11 is 0. The monoisotopic (exact) mass is 430 g/mol. The van der Waals surface area contributed by atoms with Crippen LogP contribution in [0.2, 0.25) is 0 Å². The third-order valence-electron chi connectivity index (χ3n) is 4.43. The van der Waals surface area contributed by atoms with Gasteiger partial charge in [0.15, 0.2) is 0 Å². The van der Waals surface area contributed by atoms with Crippen LogP contribution in [0.15, 0.2) is 71.7 Å². The van der Waals surface area contributed by atoms with Crippen molar-refractivity contribution in [3.8, 4) is 0 Å². The second-order valence-electron chi connectivity index (χ2n) is 6.57. The summed E-state index contributed by atoms with van der Waals surface area (Å²) in [6, 6.07) is 13.3. The van der Waals surface area contributed by atoms with E-state index >= 15 is 0 Å². The average molecular weight is 430 g/mol. The van der Waals surface area contributed by atoms with Gasteiger partial charge in [0.25, 0.3) is 11.5 Å². The van der Waals surface area contributed by atoms with Crippen molar-refractivity contribution in [1.29, 1.82) is 0 Å². The number of methoxy groups -OCH3 is 1. The molecule has 3 aromatic rings. The van der Waals surface area contributed by atoms with Gasteiger partial charge in [-0.3, -0.25) is 9.59 Å². The van der Waals surface area contributed by atoms with E-state index in [9.17, 15) is 27.6 Å². The fourth-order valence-electron chi connectivity index (χ4n) is 2.91. The van der Waals surface area contributed by atoms with Gasteiger partial charge >= 0.3 is 12.1 Å². The number of carbonyl (C=O) groups is 2. The lowest BCUT2D eigenvalue weighted by atomic mass is 10.1. The highest BCUT2D eigenvalue weighted by atomic mass is 19.4. The number of aromatic nitrogens is 1. The number of hydrogen-bond donors (Lipinski definition) is 1. The Morgan fingerprint density at radius 1 is 1.03 bits per heavy atom. The van der Waals surface area contributed by atoms with E-state index in [2.05, 4.69) is 10.1 Å². The fourth-order valence-corrected chi connectivity index (χ4v) is 2.91. The van der Waals surface area contributed by atoms with Gasteiger partial charge in [-0.05, 0) is 35.9 Å². The molecule has 31 heavy (non-hydrogen) atoms. The standard InChI is InChI=1S/C22H17F3N2O4/c1-31-21(30)17-7-2-3-8-18(17)26-20(29)15-9-10-19(28)27(13-15)12-14-5-4-6-16(11-14)22(23,24)25/h2-11,13H,12H2,1H3,(H,26,29). The molecule has 9 heteroatoms. The summed E-state index contributed by atoms with van der Waals surface area (Å²) in [7, 11) is 1.21. The van der Waals surface area contributed by atoms with Gasteiger partial charge in [-0.2, -0.15) is 13.2 Å². The maximum absolute atomic E-state index is 12.9. The second kappa shape index (κ2) is 8.86. The zero-order valence-corrected chi connectivity index (χ0v) is 16.3. The SMILES string of the molecule is COC(=O)c1ccccc1NC(=O)c1ccc(=O)n(Cc2cccc(C(F)(F)F)c2)c1. The van der Waals surface area contributed by atoms with Crippen LogP contribution in [0, 0.1) is 0 Å².